The smallest absolute Gasteiger partial charge is 0.271 e. The molecule has 1 aromatic rings. The largest absolute Gasteiger partial charge is 0.395 e. The van der Waals surface area contributed by atoms with E-state index >= 15 is 0 Å². The molecule has 0 atom stereocenters. The number of hydrogen-bond donors (Lipinski definition) is 2. The van der Waals surface area contributed by atoms with Gasteiger partial charge in [-0.3, -0.25) is 4.79 Å². The second kappa shape index (κ2) is 9.99. The molecule has 2 N–H and O–H groups in total. The molecule has 1 heterocycles. The predicted molar refractivity (Wildman–Crippen MR) is 79.3 cm³/mol. The van der Waals surface area contributed by atoms with E-state index in [1.807, 2.05) is 0 Å². The summed E-state index contributed by atoms with van der Waals surface area (Å²) in [7, 11) is 0. The van der Waals surface area contributed by atoms with Crippen LogP contribution in [0.4, 0.5) is 0 Å². The van der Waals surface area contributed by atoms with Gasteiger partial charge in [0.25, 0.3) is 5.91 Å². The Morgan fingerprint density at radius 3 is 3.00 bits per heavy atom. The molecule has 0 aromatic carbocycles. The van der Waals surface area contributed by atoms with Crippen LogP contribution in [-0.2, 0) is 0 Å². The number of amides is 1. The van der Waals surface area contributed by atoms with Crippen LogP contribution in [0.15, 0.2) is 18.3 Å². The van der Waals surface area contributed by atoms with Crippen molar-refractivity contribution in [3.63, 3.8) is 0 Å². The molecular formula is C16H22N2O2. The number of aromatic nitrogens is 1. The summed E-state index contributed by atoms with van der Waals surface area (Å²) in [5, 5.41) is 11.6. The molecule has 108 valence electrons. The third-order valence-corrected chi connectivity index (χ3v) is 2.80. The van der Waals surface area contributed by atoms with E-state index in [0.717, 1.165) is 12.8 Å². The Bertz CT molecular complexity index is 475. The molecular weight excluding hydrogens is 252 g/mol. The molecule has 1 aromatic heterocycles. The van der Waals surface area contributed by atoms with Crippen LogP contribution in [0.1, 0.15) is 55.1 Å². The molecule has 0 radical (unpaired) electrons. The van der Waals surface area contributed by atoms with Crippen LogP contribution in [0.3, 0.4) is 0 Å². The van der Waals surface area contributed by atoms with Crippen molar-refractivity contribution in [1.82, 2.24) is 10.3 Å². The van der Waals surface area contributed by atoms with Gasteiger partial charge in [0.1, 0.15) is 5.69 Å². The Kier molecular flexibility index (Phi) is 8.09. The molecule has 0 aliphatic heterocycles. The van der Waals surface area contributed by atoms with Crippen LogP contribution in [0, 0.1) is 11.8 Å². The zero-order valence-electron chi connectivity index (χ0n) is 12.0. The topological polar surface area (TPSA) is 62.2 Å². The molecule has 0 fully saturated rings. The fraction of sp³-hybridized carbons (Fsp3) is 0.500. The number of unbranched alkanes of at least 4 members (excludes halogenated alkanes) is 3. The molecule has 0 aliphatic carbocycles. The lowest BCUT2D eigenvalue weighted by molar-refractivity contribution is 0.0947. The maximum Gasteiger partial charge on any atom is 0.271 e. The van der Waals surface area contributed by atoms with E-state index in [1.54, 1.807) is 18.3 Å². The van der Waals surface area contributed by atoms with Crippen LogP contribution in [-0.4, -0.2) is 29.1 Å². The van der Waals surface area contributed by atoms with Crippen molar-refractivity contribution in [2.45, 2.75) is 39.0 Å². The molecule has 0 saturated carbocycles. The van der Waals surface area contributed by atoms with Gasteiger partial charge in [-0.15, -0.1) is 0 Å². The highest BCUT2D eigenvalue weighted by Crippen LogP contribution is 2.04. The standard InChI is InChI=1S/C16H22N2O2/c1-2-3-4-6-11-18-16(20)15-14(9-5-7-13-19)10-8-12-17-15/h8,10,12,19H,2-4,6-7,11,13H2,1H3,(H,18,20). The van der Waals surface area contributed by atoms with Gasteiger partial charge in [-0.1, -0.05) is 38.0 Å². The highest BCUT2D eigenvalue weighted by Gasteiger charge is 2.10. The molecule has 1 rings (SSSR count). The Balaban J connectivity index is 2.57. The van der Waals surface area contributed by atoms with Crippen LogP contribution < -0.4 is 5.32 Å². The van der Waals surface area contributed by atoms with Gasteiger partial charge in [-0.2, -0.15) is 0 Å². The summed E-state index contributed by atoms with van der Waals surface area (Å²) in [6.45, 7) is 2.84. The van der Waals surface area contributed by atoms with E-state index in [0.29, 0.717) is 24.2 Å². The van der Waals surface area contributed by atoms with Gasteiger partial charge in [0.05, 0.1) is 12.2 Å². The molecule has 20 heavy (non-hydrogen) atoms. The molecule has 0 unspecified atom stereocenters. The normalized spacial score (nSPS) is 9.70. The summed E-state index contributed by atoms with van der Waals surface area (Å²) in [6.07, 6.45) is 6.46. The maximum absolute atomic E-state index is 12.0. The Morgan fingerprint density at radius 1 is 1.40 bits per heavy atom. The van der Waals surface area contributed by atoms with Crippen molar-refractivity contribution in [1.29, 1.82) is 0 Å². The van der Waals surface area contributed by atoms with Crippen LogP contribution >= 0.6 is 0 Å². The third kappa shape index (κ3) is 5.85. The Hall–Kier alpha value is -1.86. The summed E-state index contributed by atoms with van der Waals surface area (Å²) in [5.41, 5.74) is 0.959. The monoisotopic (exact) mass is 274 g/mol. The first kappa shape index (κ1) is 16.2. The van der Waals surface area contributed by atoms with Gasteiger partial charge in [0.2, 0.25) is 0 Å². The quantitative estimate of drug-likeness (QED) is 0.591. The highest BCUT2D eigenvalue weighted by atomic mass is 16.2. The average molecular weight is 274 g/mol. The van der Waals surface area contributed by atoms with Crippen molar-refractivity contribution in [2.75, 3.05) is 13.2 Å². The molecule has 0 bridgehead atoms. The zero-order valence-corrected chi connectivity index (χ0v) is 12.0. The molecule has 0 aliphatic rings. The van der Waals surface area contributed by atoms with Gasteiger partial charge < -0.3 is 10.4 Å². The summed E-state index contributed by atoms with van der Waals surface area (Å²) in [4.78, 5) is 16.1. The van der Waals surface area contributed by atoms with Gasteiger partial charge in [-0.25, -0.2) is 4.98 Å². The highest BCUT2D eigenvalue weighted by molar-refractivity contribution is 5.94. The van der Waals surface area contributed by atoms with E-state index in [1.165, 1.54) is 12.8 Å². The molecule has 1 amide bonds. The first-order valence-electron chi connectivity index (χ1n) is 7.12. The average Bonchev–Trinajstić information content (AvgIpc) is 2.47. The number of nitrogens with one attached hydrogen (secondary N) is 1. The van der Waals surface area contributed by atoms with Gasteiger partial charge in [-0.05, 0) is 18.6 Å². The number of nitrogens with zero attached hydrogens (tertiary/aromatic N) is 1. The van der Waals surface area contributed by atoms with E-state index in [9.17, 15) is 4.79 Å². The third-order valence-electron chi connectivity index (χ3n) is 2.80. The summed E-state index contributed by atoms with van der Waals surface area (Å²) in [5.74, 6) is 5.50. The lowest BCUT2D eigenvalue weighted by Gasteiger charge is -2.05. The number of aliphatic hydroxyl groups is 1. The number of carbonyl (C=O) groups excluding carboxylic acids is 1. The molecule has 0 saturated heterocycles. The van der Waals surface area contributed by atoms with Crippen LogP contribution in [0.5, 0.6) is 0 Å². The maximum atomic E-state index is 12.0. The number of pyridine rings is 1. The number of hydrogen-bond acceptors (Lipinski definition) is 3. The predicted octanol–water partition coefficient (Wildman–Crippen LogP) is 2.13. The van der Waals surface area contributed by atoms with Crippen LogP contribution in [0.25, 0.3) is 0 Å². The number of rotatable bonds is 7. The first-order valence-corrected chi connectivity index (χ1v) is 7.12. The van der Waals surface area contributed by atoms with Crippen molar-refractivity contribution in [3.05, 3.63) is 29.6 Å². The minimum atomic E-state index is -0.185. The minimum absolute atomic E-state index is 0.0201. The van der Waals surface area contributed by atoms with Crippen molar-refractivity contribution >= 4 is 5.91 Å². The van der Waals surface area contributed by atoms with Gasteiger partial charge >= 0.3 is 0 Å². The molecule has 4 nitrogen and oxygen atoms in total. The summed E-state index contributed by atoms with van der Waals surface area (Å²) < 4.78 is 0. The van der Waals surface area contributed by atoms with Gasteiger partial charge in [0, 0.05) is 19.2 Å². The van der Waals surface area contributed by atoms with E-state index in [2.05, 4.69) is 29.1 Å². The summed E-state index contributed by atoms with van der Waals surface area (Å²) in [6, 6.07) is 3.52. The fourth-order valence-corrected chi connectivity index (χ4v) is 1.74. The van der Waals surface area contributed by atoms with E-state index in [-0.39, 0.29) is 12.5 Å². The van der Waals surface area contributed by atoms with Gasteiger partial charge in [0.15, 0.2) is 0 Å². The SMILES string of the molecule is CCCCCCNC(=O)c1ncccc1C#CCCO. The molecule has 0 spiro atoms. The Morgan fingerprint density at radius 2 is 2.25 bits per heavy atom. The first-order chi connectivity index (χ1) is 9.79. The van der Waals surface area contributed by atoms with Crippen molar-refractivity contribution < 1.29 is 9.90 Å². The number of carbonyl (C=O) groups is 1. The van der Waals surface area contributed by atoms with E-state index < -0.39 is 0 Å². The van der Waals surface area contributed by atoms with Crippen molar-refractivity contribution in [2.24, 2.45) is 0 Å². The summed E-state index contributed by atoms with van der Waals surface area (Å²) >= 11 is 0. The Labute approximate surface area is 120 Å². The van der Waals surface area contributed by atoms with E-state index in [4.69, 9.17) is 5.11 Å². The molecule has 4 heteroatoms. The van der Waals surface area contributed by atoms with Crippen molar-refractivity contribution in [3.8, 4) is 11.8 Å². The minimum Gasteiger partial charge on any atom is -0.395 e. The zero-order chi connectivity index (χ0) is 14.6. The number of aliphatic hydroxyl groups excluding tert-OH is 1. The second-order valence-electron chi connectivity index (χ2n) is 4.49. The van der Waals surface area contributed by atoms with Crippen LogP contribution in [0.2, 0.25) is 0 Å². The lowest BCUT2D eigenvalue weighted by Crippen LogP contribution is -2.26. The fourth-order valence-electron chi connectivity index (χ4n) is 1.74. The lowest BCUT2D eigenvalue weighted by atomic mass is 10.1. The second-order valence-corrected chi connectivity index (χ2v) is 4.49.